The van der Waals surface area contributed by atoms with Crippen LogP contribution in [0.3, 0.4) is 0 Å². The fourth-order valence-electron chi connectivity index (χ4n) is 3.01. The third-order valence-corrected chi connectivity index (χ3v) is 4.19. The second-order valence-electron chi connectivity index (χ2n) is 5.64. The van der Waals surface area contributed by atoms with E-state index >= 15 is 0 Å². The van der Waals surface area contributed by atoms with Crippen LogP contribution in [0.2, 0.25) is 0 Å². The summed E-state index contributed by atoms with van der Waals surface area (Å²) in [4.78, 5) is 28.0. The molecule has 1 aromatic carbocycles. The highest BCUT2D eigenvalue weighted by molar-refractivity contribution is 5.92. The number of hydrogen-bond donors (Lipinski definition) is 1. The summed E-state index contributed by atoms with van der Waals surface area (Å²) in [6, 6.07) is 6.45. The van der Waals surface area contributed by atoms with Crippen molar-refractivity contribution >= 4 is 5.91 Å². The second kappa shape index (κ2) is 6.32. The monoisotopic (exact) mass is 318 g/mol. The van der Waals surface area contributed by atoms with E-state index in [0.717, 1.165) is 0 Å². The molecule has 0 unspecified atom stereocenters. The van der Waals surface area contributed by atoms with Crippen LogP contribution in [0.4, 0.5) is 8.78 Å². The summed E-state index contributed by atoms with van der Waals surface area (Å²) in [5, 5.41) is 0. The van der Waals surface area contributed by atoms with Crippen molar-refractivity contribution < 1.29 is 13.6 Å². The molecule has 1 saturated heterocycles. The summed E-state index contributed by atoms with van der Waals surface area (Å²) in [6.45, 7) is 0.794. The summed E-state index contributed by atoms with van der Waals surface area (Å²) in [5.74, 6) is -1.59. The highest BCUT2D eigenvalue weighted by Gasteiger charge is 2.28. The highest BCUT2D eigenvalue weighted by Crippen LogP contribution is 2.31. The smallest absolute Gasteiger partial charge is 0.270 e. The van der Waals surface area contributed by atoms with E-state index in [1.54, 1.807) is 4.90 Å². The van der Waals surface area contributed by atoms with Crippen molar-refractivity contribution in [3.05, 3.63) is 69.6 Å². The lowest BCUT2D eigenvalue weighted by Gasteiger charge is -2.32. The topological polar surface area (TPSA) is 53.2 Å². The molecule has 2 aromatic rings. The SMILES string of the molecule is O=C(c1cc(=O)cc[nH]1)N1CCC(c2c(F)cccc2F)CC1. The molecule has 1 N–H and O–H groups in total. The van der Waals surface area contributed by atoms with Crippen LogP contribution in [0, 0.1) is 11.6 Å². The Bertz CT molecular complexity index is 760. The Kier molecular flexibility index (Phi) is 4.23. The zero-order valence-electron chi connectivity index (χ0n) is 12.4. The maximum absolute atomic E-state index is 13.8. The summed E-state index contributed by atoms with van der Waals surface area (Å²) >= 11 is 0. The number of piperidine rings is 1. The predicted molar refractivity (Wildman–Crippen MR) is 81.3 cm³/mol. The largest absolute Gasteiger partial charge is 0.357 e. The van der Waals surface area contributed by atoms with Gasteiger partial charge in [-0.15, -0.1) is 0 Å². The second-order valence-corrected chi connectivity index (χ2v) is 5.64. The predicted octanol–water partition coefficient (Wildman–Crippen LogP) is 2.67. The molecule has 1 aromatic heterocycles. The minimum Gasteiger partial charge on any atom is -0.357 e. The summed E-state index contributed by atoms with van der Waals surface area (Å²) in [5.41, 5.74) is 0.0937. The molecule has 0 spiro atoms. The molecular formula is C17H16F2N2O2. The van der Waals surface area contributed by atoms with E-state index in [2.05, 4.69) is 4.98 Å². The molecule has 1 fully saturated rings. The first-order valence-corrected chi connectivity index (χ1v) is 7.48. The van der Waals surface area contributed by atoms with E-state index in [1.807, 2.05) is 0 Å². The van der Waals surface area contributed by atoms with Gasteiger partial charge < -0.3 is 9.88 Å². The van der Waals surface area contributed by atoms with Crippen molar-refractivity contribution in [1.82, 2.24) is 9.88 Å². The quantitative estimate of drug-likeness (QED) is 0.925. The first kappa shape index (κ1) is 15.4. The van der Waals surface area contributed by atoms with Crippen molar-refractivity contribution in [3.8, 4) is 0 Å². The number of benzene rings is 1. The number of H-pyrrole nitrogens is 1. The molecule has 23 heavy (non-hydrogen) atoms. The fourth-order valence-corrected chi connectivity index (χ4v) is 3.01. The van der Waals surface area contributed by atoms with E-state index in [-0.39, 0.29) is 28.5 Å². The minimum atomic E-state index is -0.540. The van der Waals surface area contributed by atoms with Gasteiger partial charge in [-0.25, -0.2) is 8.78 Å². The van der Waals surface area contributed by atoms with Gasteiger partial charge in [0.25, 0.3) is 5.91 Å². The molecule has 0 radical (unpaired) electrons. The number of carbonyl (C=O) groups excluding carboxylic acids is 1. The standard InChI is InChI=1S/C17H16F2N2O2/c18-13-2-1-3-14(19)16(13)11-5-8-21(9-6-11)17(23)15-10-12(22)4-7-20-15/h1-4,7,10-11H,5-6,8-9H2,(H,20,22). The van der Waals surface area contributed by atoms with E-state index in [4.69, 9.17) is 0 Å². The van der Waals surface area contributed by atoms with Gasteiger partial charge in [0.15, 0.2) is 5.43 Å². The molecule has 1 amide bonds. The lowest BCUT2D eigenvalue weighted by Crippen LogP contribution is -2.38. The number of aromatic nitrogens is 1. The Morgan fingerprint density at radius 3 is 2.39 bits per heavy atom. The van der Waals surface area contributed by atoms with E-state index < -0.39 is 11.6 Å². The summed E-state index contributed by atoms with van der Waals surface area (Å²) in [7, 11) is 0. The normalized spacial score (nSPS) is 15.7. The molecule has 120 valence electrons. The highest BCUT2D eigenvalue weighted by atomic mass is 19.1. The van der Waals surface area contributed by atoms with Crippen LogP contribution in [0.25, 0.3) is 0 Å². The number of nitrogens with one attached hydrogen (secondary N) is 1. The third-order valence-electron chi connectivity index (χ3n) is 4.19. The Balaban J connectivity index is 1.71. The van der Waals surface area contributed by atoms with Crippen LogP contribution < -0.4 is 5.43 Å². The lowest BCUT2D eigenvalue weighted by molar-refractivity contribution is 0.0705. The van der Waals surface area contributed by atoms with Gasteiger partial charge in [0, 0.05) is 37.0 Å². The molecule has 6 heteroatoms. The van der Waals surface area contributed by atoms with Crippen molar-refractivity contribution in [3.63, 3.8) is 0 Å². The molecule has 0 saturated carbocycles. The number of likely N-dealkylation sites (tertiary alicyclic amines) is 1. The number of halogens is 2. The van der Waals surface area contributed by atoms with Gasteiger partial charge in [-0.3, -0.25) is 9.59 Å². The Morgan fingerprint density at radius 1 is 1.13 bits per heavy atom. The van der Waals surface area contributed by atoms with E-state index in [0.29, 0.717) is 25.9 Å². The summed E-state index contributed by atoms with van der Waals surface area (Å²) < 4.78 is 27.7. The first-order chi connectivity index (χ1) is 11.1. The van der Waals surface area contributed by atoms with Gasteiger partial charge >= 0.3 is 0 Å². The molecule has 2 heterocycles. The van der Waals surface area contributed by atoms with Gasteiger partial charge in [0.05, 0.1) is 0 Å². The van der Waals surface area contributed by atoms with E-state index in [9.17, 15) is 18.4 Å². The average Bonchev–Trinajstić information content (AvgIpc) is 2.55. The number of rotatable bonds is 2. The minimum absolute atomic E-state index is 0.104. The summed E-state index contributed by atoms with van der Waals surface area (Å²) in [6.07, 6.45) is 2.40. The Hall–Kier alpha value is -2.50. The number of hydrogen-bond acceptors (Lipinski definition) is 2. The molecule has 1 aliphatic heterocycles. The first-order valence-electron chi connectivity index (χ1n) is 7.48. The van der Waals surface area contributed by atoms with Crippen molar-refractivity contribution in [2.45, 2.75) is 18.8 Å². The number of carbonyl (C=O) groups is 1. The molecule has 0 aliphatic carbocycles. The van der Waals surface area contributed by atoms with Crippen LogP contribution in [0.15, 0.2) is 41.3 Å². The molecule has 3 rings (SSSR count). The van der Waals surface area contributed by atoms with Gasteiger partial charge in [0.2, 0.25) is 0 Å². The fraction of sp³-hybridized carbons (Fsp3) is 0.294. The van der Waals surface area contributed by atoms with Crippen molar-refractivity contribution in [2.75, 3.05) is 13.1 Å². The molecule has 0 bridgehead atoms. The third kappa shape index (κ3) is 3.16. The maximum atomic E-state index is 13.8. The number of pyridine rings is 1. The van der Waals surface area contributed by atoms with Crippen LogP contribution in [0.1, 0.15) is 34.8 Å². The van der Waals surface area contributed by atoms with Gasteiger partial charge in [-0.05, 0) is 30.9 Å². The van der Waals surface area contributed by atoms with Crippen LogP contribution >= 0.6 is 0 Å². The molecule has 1 aliphatic rings. The number of amides is 1. The van der Waals surface area contributed by atoms with E-state index in [1.165, 1.54) is 36.5 Å². The van der Waals surface area contributed by atoms with Crippen molar-refractivity contribution in [2.24, 2.45) is 0 Å². The molecule has 4 nitrogen and oxygen atoms in total. The Labute approximate surface area is 131 Å². The van der Waals surface area contributed by atoms with Crippen LogP contribution in [-0.4, -0.2) is 28.9 Å². The zero-order valence-corrected chi connectivity index (χ0v) is 12.4. The Morgan fingerprint density at radius 2 is 1.78 bits per heavy atom. The van der Waals surface area contributed by atoms with Gasteiger partial charge in [-0.1, -0.05) is 6.07 Å². The van der Waals surface area contributed by atoms with Gasteiger partial charge in [0.1, 0.15) is 17.3 Å². The number of nitrogens with zero attached hydrogens (tertiary/aromatic N) is 1. The zero-order chi connectivity index (χ0) is 16.4. The number of aromatic amines is 1. The van der Waals surface area contributed by atoms with Crippen molar-refractivity contribution in [1.29, 1.82) is 0 Å². The van der Waals surface area contributed by atoms with Crippen LogP contribution in [0.5, 0.6) is 0 Å². The molecule has 0 atom stereocenters. The molecular weight excluding hydrogens is 302 g/mol. The maximum Gasteiger partial charge on any atom is 0.270 e. The lowest BCUT2D eigenvalue weighted by atomic mass is 9.88. The van der Waals surface area contributed by atoms with Gasteiger partial charge in [-0.2, -0.15) is 0 Å². The average molecular weight is 318 g/mol. The van der Waals surface area contributed by atoms with Crippen LogP contribution in [-0.2, 0) is 0 Å².